The Kier molecular flexibility index (Phi) is 2.86. The van der Waals surface area contributed by atoms with Gasteiger partial charge in [-0.15, -0.1) is 0 Å². The molecule has 0 fully saturated rings. The number of nitrogens with zero attached hydrogens (tertiary/aromatic N) is 1. The number of nitrogen functional groups attached to an aromatic ring is 1. The van der Waals surface area contributed by atoms with Gasteiger partial charge in [0.2, 0.25) is 5.88 Å². The van der Waals surface area contributed by atoms with E-state index in [9.17, 15) is 4.39 Å². The first-order valence-corrected chi connectivity index (χ1v) is 4.18. The van der Waals surface area contributed by atoms with Crippen LogP contribution in [0.25, 0.3) is 0 Å². The summed E-state index contributed by atoms with van der Waals surface area (Å²) < 4.78 is 18.3. The van der Waals surface area contributed by atoms with E-state index in [2.05, 4.69) is 20.9 Å². The van der Waals surface area contributed by atoms with Crippen LogP contribution in [-0.2, 0) is 0 Å². The highest BCUT2D eigenvalue weighted by atomic mass is 79.9. The molecule has 0 amide bonds. The van der Waals surface area contributed by atoms with Crippen LogP contribution >= 0.6 is 15.9 Å². The van der Waals surface area contributed by atoms with Gasteiger partial charge < -0.3 is 10.5 Å². The second-order valence-electron chi connectivity index (χ2n) is 2.08. The molecule has 1 aromatic rings. The summed E-state index contributed by atoms with van der Waals surface area (Å²) in [6.07, 6.45) is 0. The van der Waals surface area contributed by atoms with E-state index >= 15 is 0 Å². The van der Waals surface area contributed by atoms with Gasteiger partial charge in [0, 0.05) is 0 Å². The van der Waals surface area contributed by atoms with Gasteiger partial charge in [-0.1, -0.05) is 0 Å². The van der Waals surface area contributed by atoms with E-state index in [-0.39, 0.29) is 5.82 Å². The third kappa shape index (κ3) is 1.85. The predicted octanol–water partition coefficient (Wildman–Crippen LogP) is 1.96. The lowest BCUT2D eigenvalue weighted by Gasteiger charge is -2.05. The average molecular weight is 235 g/mol. The van der Waals surface area contributed by atoms with Crippen molar-refractivity contribution in [1.29, 1.82) is 0 Å². The summed E-state index contributed by atoms with van der Waals surface area (Å²) in [4.78, 5) is 3.70. The third-order valence-corrected chi connectivity index (χ3v) is 1.77. The number of halogens is 2. The molecule has 5 heteroatoms. The molecule has 0 aliphatic carbocycles. The quantitative estimate of drug-likeness (QED) is 0.852. The normalized spacial score (nSPS) is 9.92. The van der Waals surface area contributed by atoms with Crippen LogP contribution in [0.15, 0.2) is 10.5 Å². The Bertz CT molecular complexity index is 293. The van der Waals surface area contributed by atoms with E-state index in [4.69, 9.17) is 10.5 Å². The van der Waals surface area contributed by atoms with Gasteiger partial charge in [0.25, 0.3) is 0 Å². The molecule has 1 aromatic heterocycles. The summed E-state index contributed by atoms with van der Waals surface area (Å²) in [5.41, 5.74) is 5.23. The van der Waals surface area contributed by atoms with Gasteiger partial charge in [-0.3, -0.25) is 0 Å². The smallest absolute Gasteiger partial charge is 0.230 e. The zero-order chi connectivity index (χ0) is 9.14. The zero-order valence-corrected chi connectivity index (χ0v) is 8.06. The summed E-state index contributed by atoms with van der Waals surface area (Å²) in [6.45, 7) is 2.28. The number of aromatic nitrogens is 1. The minimum Gasteiger partial charge on any atom is -0.477 e. The van der Waals surface area contributed by atoms with Crippen molar-refractivity contribution in [2.75, 3.05) is 12.3 Å². The molecular formula is C7H8BrFN2O. The average Bonchev–Trinajstić information content (AvgIpc) is 2.01. The van der Waals surface area contributed by atoms with E-state index < -0.39 is 5.82 Å². The van der Waals surface area contributed by atoms with Crippen molar-refractivity contribution < 1.29 is 9.13 Å². The summed E-state index contributed by atoms with van der Waals surface area (Å²) >= 11 is 3.10. The Morgan fingerprint density at radius 1 is 1.75 bits per heavy atom. The number of nitrogens with two attached hydrogens (primary N) is 1. The van der Waals surface area contributed by atoms with Gasteiger partial charge in [-0.05, 0) is 28.9 Å². The van der Waals surface area contributed by atoms with Gasteiger partial charge in [0.1, 0.15) is 0 Å². The molecule has 0 saturated heterocycles. The number of ether oxygens (including phenoxy) is 1. The highest BCUT2D eigenvalue weighted by molar-refractivity contribution is 9.10. The molecule has 0 spiro atoms. The first-order chi connectivity index (χ1) is 5.65. The fourth-order valence-corrected chi connectivity index (χ4v) is 1.11. The first-order valence-electron chi connectivity index (χ1n) is 3.39. The monoisotopic (exact) mass is 234 g/mol. The van der Waals surface area contributed by atoms with Gasteiger partial charge in [-0.25, -0.2) is 4.39 Å². The molecule has 3 nitrogen and oxygen atoms in total. The van der Waals surface area contributed by atoms with Crippen molar-refractivity contribution in [2.45, 2.75) is 6.92 Å². The summed E-state index contributed by atoms with van der Waals surface area (Å²) in [5, 5.41) is 0. The molecule has 0 aliphatic rings. The van der Waals surface area contributed by atoms with Crippen molar-refractivity contribution in [3.63, 3.8) is 0 Å². The Hall–Kier alpha value is -0.840. The maximum Gasteiger partial charge on any atom is 0.230 e. The molecule has 0 aliphatic heterocycles. The van der Waals surface area contributed by atoms with E-state index in [1.54, 1.807) is 0 Å². The Morgan fingerprint density at radius 2 is 2.42 bits per heavy atom. The minimum atomic E-state index is -0.551. The van der Waals surface area contributed by atoms with E-state index in [0.717, 1.165) is 0 Å². The fourth-order valence-electron chi connectivity index (χ4n) is 0.701. The lowest BCUT2D eigenvalue weighted by molar-refractivity contribution is 0.324. The van der Waals surface area contributed by atoms with Crippen molar-refractivity contribution in [3.05, 3.63) is 16.4 Å². The Labute approximate surface area is 77.9 Å². The lowest BCUT2D eigenvalue weighted by Crippen LogP contribution is -2.00. The number of anilines is 1. The molecule has 0 unspecified atom stereocenters. The molecule has 1 rings (SSSR count). The van der Waals surface area contributed by atoms with Crippen LogP contribution in [0.2, 0.25) is 0 Å². The van der Waals surface area contributed by atoms with Crippen LogP contribution in [0.3, 0.4) is 0 Å². The summed E-state index contributed by atoms with van der Waals surface area (Å²) in [7, 11) is 0. The van der Waals surface area contributed by atoms with E-state index in [1.807, 2.05) is 6.92 Å². The van der Waals surface area contributed by atoms with E-state index in [0.29, 0.717) is 17.0 Å². The second kappa shape index (κ2) is 3.71. The number of hydrogen-bond donors (Lipinski definition) is 1. The molecule has 0 bridgehead atoms. The van der Waals surface area contributed by atoms with Crippen LogP contribution in [0.4, 0.5) is 10.2 Å². The number of pyridine rings is 1. The third-order valence-electron chi connectivity index (χ3n) is 1.21. The van der Waals surface area contributed by atoms with Crippen LogP contribution in [-0.4, -0.2) is 11.6 Å². The molecule has 2 N–H and O–H groups in total. The molecule has 0 saturated carbocycles. The molecule has 0 radical (unpaired) electrons. The summed E-state index contributed by atoms with van der Waals surface area (Å²) in [6, 6.07) is 1.23. The van der Waals surface area contributed by atoms with Crippen LogP contribution < -0.4 is 10.5 Å². The van der Waals surface area contributed by atoms with Gasteiger partial charge >= 0.3 is 0 Å². The lowest BCUT2D eigenvalue weighted by atomic mass is 10.4. The van der Waals surface area contributed by atoms with Crippen molar-refractivity contribution in [1.82, 2.24) is 4.98 Å². The van der Waals surface area contributed by atoms with Crippen LogP contribution in [0.5, 0.6) is 5.88 Å². The highest BCUT2D eigenvalue weighted by Crippen LogP contribution is 2.25. The molecular weight excluding hydrogens is 227 g/mol. The van der Waals surface area contributed by atoms with Crippen LogP contribution in [0, 0.1) is 5.82 Å². The zero-order valence-electron chi connectivity index (χ0n) is 6.47. The maximum absolute atomic E-state index is 12.7. The molecule has 66 valence electrons. The SMILES string of the molecule is CCOc1nc(N)c(F)cc1Br. The van der Waals surface area contributed by atoms with Crippen LogP contribution in [0.1, 0.15) is 6.92 Å². The molecule has 1 heterocycles. The fraction of sp³-hybridized carbons (Fsp3) is 0.286. The molecule has 12 heavy (non-hydrogen) atoms. The largest absolute Gasteiger partial charge is 0.477 e. The standard InChI is InChI=1S/C7H8BrFN2O/c1-2-12-7-4(8)3-5(9)6(10)11-7/h3H,2H2,1H3,(H2,10,11). The predicted molar refractivity (Wildman–Crippen MR) is 47.5 cm³/mol. The number of hydrogen-bond acceptors (Lipinski definition) is 3. The van der Waals surface area contributed by atoms with Gasteiger partial charge in [0.05, 0.1) is 11.1 Å². The maximum atomic E-state index is 12.7. The summed E-state index contributed by atoms with van der Waals surface area (Å²) in [5.74, 6) is -0.386. The van der Waals surface area contributed by atoms with Crippen molar-refractivity contribution in [2.24, 2.45) is 0 Å². The van der Waals surface area contributed by atoms with Crippen molar-refractivity contribution in [3.8, 4) is 5.88 Å². The topological polar surface area (TPSA) is 48.1 Å². The highest BCUT2D eigenvalue weighted by Gasteiger charge is 2.07. The minimum absolute atomic E-state index is 0.151. The van der Waals surface area contributed by atoms with Gasteiger partial charge in [0.15, 0.2) is 11.6 Å². The van der Waals surface area contributed by atoms with E-state index in [1.165, 1.54) is 6.07 Å². The van der Waals surface area contributed by atoms with Gasteiger partial charge in [-0.2, -0.15) is 4.98 Å². The Morgan fingerprint density at radius 3 is 3.00 bits per heavy atom. The van der Waals surface area contributed by atoms with Crippen molar-refractivity contribution >= 4 is 21.7 Å². The first kappa shape index (κ1) is 9.25. The second-order valence-corrected chi connectivity index (χ2v) is 2.93. The Balaban J connectivity index is 3.05. The molecule has 0 atom stereocenters. The number of rotatable bonds is 2. The molecule has 0 aromatic carbocycles.